The summed E-state index contributed by atoms with van der Waals surface area (Å²) in [5, 5.41) is 12.2. The number of aryl methyl sites for hydroxylation is 1. The van der Waals surface area contributed by atoms with Gasteiger partial charge in [0.2, 0.25) is 5.82 Å². The highest BCUT2D eigenvalue weighted by molar-refractivity contribution is 5.53. The molecule has 0 amide bonds. The van der Waals surface area contributed by atoms with E-state index in [4.69, 9.17) is 0 Å². The van der Waals surface area contributed by atoms with E-state index in [0.717, 1.165) is 5.56 Å². The van der Waals surface area contributed by atoms with Crippen molar-refractivity contribution in [2.45, 2.75) is 13.5 Å². The van der Waals surface area contributed by atoms with Crippen molar-refractivity contribution in [2.75, 3.05) is 0 Å². The van der Waals surface area contributed by atoms with Crippen LogP contribution in [0.5, 0.6) is 0 Å². The smallest absolute Gasteiger partial charge is 0.205 e. The zero-order valence-corrected chi connectivity index (χ0v) is 11.0. The lowest BCUT2D eigenvalue weighted by atomic mass is 10.1. The van der Waals surface area contributed by atoms with Gasteiger partial charge >= 0.3 is 0 Å². The third kappa shape index (κ3) is 2.71. The van der Waals surface area contributed by atoms with Crippen LogP contribution >= 0.6 is 0 Å². The summed E-state index contributed by atoms with van der Waals surface area (Å²) >= 11 is 0. The van der Waals surface area contributed by atoms with Gasteiger partial charge in [-0.25, -0.2) is 4.39 Å². The fraction of sp³-hybridized carbons (Fsp3) is 0.133. The van der Waals surface area contributed by atoms with Gasteiger partial charge in [0.1, 0.15) is 5.82 Å². The highest BCUT2D eigenvalue weighted by Gasteiger charge is 2.07. The number of aromatic nitrogens is 4. The van der Waals surface area contributed by atoms with Crippen molar-refractivity contribution in [2.24, 2.45) is 0 Å². The van der Waals surface area contributed by atoms with Crippen LogP contribution in [0.25, 0.3) is 11.4 Å². The molecule has 0 unspecified atom stereocenters. The minimum atomic E-state index is -0.308. The molecule has 2 aromatic carbocycles. The molecule has 0 radical (unpaired) electrons. The van der Waals surface area contributed by atoms with Crippen molar-refractivity contribution >= 4 is 0 Å². The van der Waals surface area contributed by atoms with Crippen LogP contribution in [0, 0.1) is 12.7 Å². The molecular weight excluding hydrogens is 255 g/mol. The maximum Gasteiger partial charge on any atom is 0.205 e. The first kappa shape index (κ1) is 12.5. The van der Waals surface area contributed by atoms with E-state index in [2.05, 4.69) is 15.4 Å². The minimum absolute atomic E-state index is 0.308. The summed E-state index contributed by atoms with van der Waals surface area (Å²) in [4.78, 5) is 1.50. The van der Waals surface area contributed by atoms with Crippen molar-refractivity contribution < 1.29 is 4.39 Å². The normalized spacial score (nSPS) is 10.7. The largest absolute Gasteiger partial charge is 0.207 e. The van der Waals surface area contributed by atoms with Gasteiger partial charge in [-0.2, -0.15) is 4.80 Å². The van der Waals surface area contributed by atoms with E-state index in [1.165, 1.54) is 22.5 Å². The molecule has 0 atom stereocenters. The molecule has 0 saturated carbocycles. The predicted molar refractivity (Wildman–Crippen MR) is 73.5 cm³/mol. The van der Waals surface area contributed by atoms with Crippen molar-refractivity contribution in [3.8, 4) is 11.4 Å². The van der Waals surface area contributed by atoms with Crippen LogP contribution in [0.15, 0.2) is 48.5 Å². The third-order valence-corrected chi connectivity index (χ3v) is 2.98. The summed E-state index contributed by atoms with van der Waals surface area (Å²) in [7, 11) is 0. The lowest BCUT2D eigenvalue weighted by Gasteiger charge is -2.00. The second kappa shape index (κ2) is 5.21. The van der Waals surface area contributed by atoms with Crippen molar-refractivity contribution in [3.63, 3.8) is 0 Å². The topological polar surface area (TPSA) is 43.6 Å². The Kier molecular flexibility index (Phi) is 3.25. The Morgan fingerprint density at radius 2 is 1.90 bits per heavy atom. The van der Waals surface area contributed by atoms with Gasteiger partial charge in [0.25, 0.3) is 0 Å². The minimum Gasteiger partial charge on any atom is -0.207 e. The van der Waals surface area contributed by atoms with Crippen LogP contribution in [0.4, 0.5) is 4.39 Å². The molecule has 0 N–H and O–H groups in total. The first-order chi connectivity index (χ1) is 9.70. The van der Waals surface area contributed by atoms with Crippen LogP contribution in [-0.2, 0) is 6.54 Å². The molecule has 0 spiro atoms. The Morgan fingerprint density at radius 1 is 1.10 bits per heavy atom. The number of nitrogens with zero attached hydrogens (tertiary/aromatic N) is 4. The highest BCUT2D eigenvalue weighted by Crippen LogP contribution is 2.14. The van der Waals surface area contributed by atoms with Crippen molar-refractivity contribution in [3.05, 3.63) is 65.5 Å². The molecule has 4 nitrogen and oxygen atoms in total. The van der Waals surface area contributed by atoms with Gasteiger partial charge in [0.15, 0.2) is 0 Å². The summed E-state index contributed by atoms with van der Waals surface area (Å²) < 4.78 is 13.2. The number of hydrogen-bond donors (Lipinski definition) is 0. The van der Waals surface area contributed by atoms with Gasteiger partial charge < -0.3 is 0 Å². The molecule has 100 valence electrons. The Bertz CT molecular complexity index is 719. The molecule has 1 heterocycles. The molecule has 0 aliphatic heterocycles. The Morgan fingerprint density at radius 3 is 2.65 bits per heavy atom. The zero-order chi connectivity index (χ0) is 13.9. The van der Waals surface area contributed by atoms with Crippen molar-refractivity contribution in [1.82, 2.24) is 20.2 Å². The standard InChI is InChI=1S/C15H13FN4/c1-11-5-7-12(8-6-11)10-20-18-15(17-19-20)13-3-2-4-14(16)9-13/h2-9H,10H2,1H3. The van der Waals surface area contributed by atoms with E-state index in [-0.39, 0.29) is 5.82 Å². The van der Waals surface area contributed by atoms with Gasteiger partial charge in [-0.3, -0.25) is 0 Å². The summed E-state index contributed by atoms with van der Waals surface area (Å²) in [5.41, 5.74) is 2.93. The average Bonchev–Trinajstić information content (AvgIpc) is 2.90. The number of benzene rings is 2. The van der Waals surface area contributed by atoms with E-state index in [1.807, 2.05) is 31.2 Å². The number of rotatable bonds is 3. The first-order valence-electron chi connectivity index (χ1n) is 6.30. The number of tetrazole rings is 1. The molecular formula is C15H13FN4. The second-order valence-corrected chi connectivity index (χ2v) is 4.64. The molecule has 5 heteroatoms. The summed E-state index contributed by atoms with van der Waals surface area (Å²) in [6.07, 6.45) is 0. The zero-order valence-electron chi connectivity index (χ0n) is 11.0. The van der Waals surface area contributed by atoms with Crippen molar-refractivity contribution in [1.29, 1.82) is 0 Å². The van der Waals surface area contributed by atoms with Crippen LogP contribution in [0.1, 0.15) is 11.1 Å². The second-order valence-electron chi connectivity index (χ2n) is 4.64. The lowest BCUT2D eigenvalue weighted by Crippen LogP contribution is -2.03. The van der Waals surface area contributed by atoms with Gasteiger partial charge in [0, 0.05) is 5.56 Å². The predicted octanol–water partition coefficient (Wildman–Crippen LogP) is 2.84. The fourth-order valence-corrected chi connectivity index (χ4v) is 1.91. The van der Waals surface area contributed by atoms with Gasteiger partial charge in [-0.05, 0) is 29.8 Å². The Hall–Kier alpha value is -2.56. The molecule has 1 aromatic heterocycles. The average molecular weight is 268 g/mol. The molecule has 0 saturated heterocycles. The van der Waals surface area contributed by atoms with E-state index >= 15 is 0 Å². The van der Waals surface area contributed by atoms with Gasteiger partial charge in [-0.1, -0.05) is 42.0 Å². The van der Waals surface area contributed by atoms with E-state index in [0.29, 0.717) is 17.9 Å². The molecule has 3 aromatic rings. The SMILES string of the molecule is Cc1ccc(Cn2nnc(-c3cccc(F)c3)n2)cc1. The molecule has 0 fully saturated rings. The summed E-state index contributed by atoms with van der Waals surface area (Å²) in [5.74, 6) is 0.119. The summed E-state index contributed by atoms with van der Waals surface area (Å²) in [6, 6.07) is 14.3. The first-order valence-corrected chi connectivity index (χ1v) is 6.30. The molecule has 0 aliphatic carbocycles. The van der Waals surface area contributed by atoms with E-state index < -0.39 is 0 Å². The van der Waals surface area contributed by atoms with Gasteiger partial charge in [-0.15, -0.1) is 10.2 Å². The number of hydrogen-bond acceptors (Lipinski definition) is 3. The molecule has 0 aliphatic rings. The van der Waals surface area contributed by atoms with E-state index in [9.17, 15) is 4.39 Å². The van der Waals surface area contributed by atoms with E-state index in [1.54, 1.807) is 12.1 Å². The highest BCUT2D eigenvalue weighted by atomic mass is 19.1. The number of halogens is 1. The quantitative estimate of drug-likeness (QED) is 0.733. The molecule has 3 rings (SSSR count). The maximum atomic E-state index is 13.2. The van der Waals surface area contributed by atoms with Gasteiger partial charge in [0.05, 0.1) is 6.54 Å². The van der Waals surface area contributed by atoms with Crippen LogP contribution in [-0.4, -0.2) is 20.2 Å². The molecule has 20 heavy (non-hydrogen) atoms. The monoisotopic (exact) mass is 268 g/mol. The van der Waals surface area contributed by atoms with Crippen LogP contribution in [0.3, 0.4) is 0 Å². The Labute approximate surface area is 115 Å². The Balaban J connectivity index is 1.82. The maximum absolute atomic E-state index is 13.2. The fourth-order valence-electron chi connectivity index (χ4n) is 1.91. The van der Waals surface area contributed by atoms with Crippen LogP contribution in [0.2, 0.25) is 0 Å². The summed E-state index contributed by atoms with van der Waals surface area (Å²) in [6.45, 7) is 2.59. The third-order valence-electron chi connectivity index (χ3n) is 2.98. The lowest BCUT2D eigenvalue weighted by molar-refractivity contribution is 0.572. The van der Waals surface area contributed by atoms with Crippen LogP contribution < -0.4 is 0 Å². The molecule has 0 bridgehead atoms.